The van der Waals surface area contributed by atoms with Gasteiger partial charge in [-0.15, -0.1) is 0 Å². The molecular weight excluding hydrogens is 332 g/mol. The Bertz CT molecular complexity index is 752. The lowest BCUT2D eigenvalue weighted by Gasteiger charge is -2.38. The Morgan fingerprint density at radius 2 is 1.70 bits per heavy atom. The van der Waals surface area contributed by atoms with E-state index in [-0.39, 0.29) is 0 Å². The van der Waals surface area contributed by atoms with E-state index >= 15 is 0 Å². The average Bonchev–Trinajstić information content (AvgIpc) is 3.52. The summed E-state index contributed by atoms with van der Waals surface area (Å²) in [5.41, 5.74) is 3.25. The van der Waals surface area contributed by atoms with Crippen molar-refractivity contribution in [3.05, 3.63) is 40.2 Å². The third kappa shape index (κ3) is 4.04. The second-order valence-electron chi connectivity index (χ2n) is 9.00. The lowest BCUT2D eigenvalue weighted by Crippen LogP contribution is -2.26. The maximum atomic E-state index is 9.44. The molecular formula is C24H30N2O. The Morgan fingerprint density at radius 1 is 1.07 bits per heavy atom. The number of nitrogens with zero attached hydrogens (tertiary/aromatic N) is 2. The molecule has 142 valence electrons. The number of hydrogen-bond donors (Lipinski definition) is 0. The van der Waals surface area contributed by atoms with Crippen LogP contribution >= 0.6 is 0 Å². The van der Waals surface area contributed by atoms with Crippen LogP contribution in [-0.2, 0) is 4.74 Å². The molecule has 3 heteroatoms. The molecule has 2 saturated carbocycles. The predicted octanol–water partition coefficient (Wildman–Crippen LogP) is 6.29. The van der Waals surface area contributed by atoms with E-state index in [0.29, 0.717) is 23.3 Å². The smallest absolute Gasteiger partial charge is 0.208 e. The van der Waals surface area contributed by atoms with Gasteiger partial charge in [-0.25, -0.2) is 4.85 Å². The van der Waals surface area contributed by atoms with Crippen molar-refractivity contribution in [3.63, 3.8) is 0 Å². The van der Waals surface area contributed by atoms with Gasteiger partial charge in [-0.1, -0.05) is 25.0 Å². The number of hydrogen-bond acceptors (Lipinski definition) is 2. The van der Waals surface area contributed by atoms with Crippen LogP contribution in [-0.4, -0.2) is 12.7 Å². The third-order valence-corrected chi connectivity index (χ3v) is 7.41. The van der Waals surface area contributed by atoms with Gasteiger partial charge < -0.3 is 4.74 Å². The van der Waals surface area contributed by atoms with Crippen molar-refractivity contribution in [2.75, 3.05) is 6.61 Å². The molecule has 1 aromatic rings. The first-order chi connectivity index (χ1) is 13.2. The molecule has 0 N–H and O–H groups in total. The average molecular weight is 363 g/mol. The molecule has 1 heterocycles. The van der Waals surface area contributed by atoms with Gasteiger partial charge >= 0.3 is 0 Å². The van der Waals surface area contributed by atoms with E-state index < -0.39 is 0 Å². The van der Waals surface area contributed by atoms with Gasteiger partial charge in [0, 0.05) is 0 Å². The molecule has 27 heavy (non-hydrogen) atoms. The van der Waals surface area contributed by atoms with Crippen molar-refractivity contribution in [2.24, 2.45) is 17.8 Å². The van der Waals surface area contributed by atoms with Gasteiger partial charge in [-0.2, -0.15) is 5.26 Å². The van der Waals surface area contributed by atoms with Gasteiger partial charge in [0.05, 0.1) is 30.9 Å². The number of epoxide rings is 1. The highest BCUT2D eigenvalue weighted by atomic mass is 16.6. The summed E-state index contributed by atoms with van der Waals surface area (Å²) in [4.78, 5) is 3.74. The van der Waals surface area contributed by atoms with Crippen LogP contribution in [0.4, 0.5) is 5.69 Å². The van der Waals surface area contributed by atoms with Gasteiger partial charge in [-0.05, 0) is 86.7 Å². The standard InChI is InChI=1S/C24H30N2O/c1-16-3-12-22(24(26-2)23(16)14-25)20-10-8-19(9-11-20)18-6-4-17(5-7-18)13-21-15-27-21/h3,12,17-21H,4-11,13,15H2,1H3. The zero-order valence-electron chi connectivity index (χ0n) is 16.4. The Kier molecular flexibility index (Phi) is 5.51. The topological polar surface area (TPSA) is 40.7 Å². The molecule has 4 rings (SSSR count). The minimum Gasteiger partial charge on any atom is -0.373 e. The normalized spacial score (nSPS) is 33.1. The number of benzene rings is 1. The first-order valence-electron chi connectivity index (χ1n) is 10.7. The van der Waals surface area contributed by atoms with Gasteiger partial charge in [0.1, 0.15) is 0 Å². The fraction of sp³-hybridized carbons (Fsp3) is 0.667. The Hall–Kier alpha value is -1.84. The summed E-state index contributed by atoms with van der Waals surface area (Å²) in [6.07, 6.45) is 12.4. The summed E-state index contributed by atoms with van der Waals surface area (Å²) in [5.74, 6) is 3.15. The fourth-order valence-corrected chi connectivity index (χ4v) is 5.67. The number of aryl methyl sites for hydroxylation is 1. The maximum absolute atomic E-state index is 9.44. The Morgan fingerprint density at radius 3 is 2.26 bits per heavy atom. The summed E-state index contributed by atoms with van der Waals surface area (Å²) in [6, 6.07) is 6.39. The van der Waals surface area contributed by atoms with Crippen LogP contribution in [0.5, 0.6) is 0 Å². The number of rotatable bonds is 4. The van der Waals surface area contributed by atoms with Gasteiger partial charge in [0.15, 0.2) is 0 Å². The summed E-state index contributed by atoms with van der Waals surface area (Å²) in [6.45, 7) is 10.5. The molecule has 0 spiro atoms. The van der Waals surface area contributed by atoms with E-state index in [2.05, 4.69) is 17.0 Å². The lowest BCUT2D eigenvalue weighted by molar-refractivity contribution is 0.152. The van der Waals surface area contributed by atoms with Crippen molar-refractivity contribution in [2.45, 2.75) is 76.7 Å². The SMILES string of the molecule is [C-]#[N+]c1c(C2CCC(C3CCC(CC4CO4)CC3)CC2)ccc(C)c1C#N. The largest absolute Gasteiger partial charge is 0.373 e. The minimum atomic E-state index is 0.460. The highest BCUT2D eigenvalue weighted by Crippen LogP contribution is 2.46. The zero-order chi connectivity index (χ0) is 18.8. The molecule has 1 aromatic carbocycles. The highest BCUT2D eigenvalue weighted by molar-refractivity contribution is 5.67. The molecule has 1 aliphatic heterocycles. The Labute approximate surface area is 163 Å². The van der Waals surface area contributed by atoms with Gasteiger partial charge in [0.25, 0.3) is 0 Å². The molecule has 3 nitrogen and oxygen atoms in total. The molecule has 1 atom stereocenters. The summed E-state index contributed by atoms with van der Waals surface area (Å²) >= 11 is 0. The van der Waals surface area contributed by atoms with E-state index in [1.165, 1.54) is 57.8 Å². The van der Waals surface area contributed by atoms with Crippen LogP contribution in [0, 0.1) is 42.6 Å². The van der Waals surface area contributed by atoms with Crippen molar-refractivity contribution >= 4 is 5.69 Å². The van der Waals surface area contributed by atoms with Crippen LogP contribution in [0.25, 0.3) is 4.85 Å². The van der Waals surface area contributed by atoms with E-state index in [1.54, 1.807) is 0 Å². The molecule has 0 bridgehead atoms. The summed E-state index contributed by atoms with van der Waals surface area (Å²) in [5, 5.41) is 9.44. The monoisotopic (exact) mass is 362 g/mol. The molecule has 0 radical (unpaired) electrons. The molecule has 0 amide bonds. The number of nitriles is 1. The van der Waals surface area contributed by atoms with Crippen LogP contribution in [0.3, 0.4) is 0 Å². The maximum Gasteiger partial charge on any atom is 0.208 e. The molecule has 1 unspecified atom stereocenters. The highest BCUT2D eigenvalue weighted by Gasteiger charge is 2.34. The lowest BCUT2D eigenvalue weighted by atomic mass is 9.67. The van der Waals surface area contributed by atoms with E-state index in [9.17, 15) is 5.26 Å². The number of ether oxygens (including phenoxy) is 1. The van der Waals surface area contributed by atoms with E-state index in [0.717, 1.165) is 35.5 Å². The molecule has 3 aliphatic rings. The van der Waals surface area contributed by atoms with E-state index in [1.807, 2.05) is 13.0 Å². The fourth-order valence-electron chi connectivity index (χ4n) is 5.67. The van der Waals surface area contributed by atoms with Crippen molar-refractivity contribution in [1.29, 1.82) is 5.26 Å². The summed E-state index contributed by atoms with van der Waals surface area (Å²) < 4.78 is 5.41. The molecule has 0 aromatic heterocycles. The van der Waals surface area contributed by atoms with Crippen molar-refractivity contribution in [1.82, 2.24) is 0 Å². The van der Waals surface area contributed by atoms with Crippen LogP contribution in [0.1, 0.15) is 80.4 Å². The third-order valence-electron chi connectivity index (χ3n) is 7.41. The summed E-state index contributed by atoms with van der Waals surface area (Å²) in [7, 11) is 0. The van der Waals surface area contributed by atoms with Crippen LogP contribution < -0.4 is 0 Å². The molecule has 2 aliphatic carbocycles. The van der Waals surface area contributed by atoms with Crippen LogP contribution in [0.15, 0.2) is 12.1 Å². The first kappa shape index (κ1) is 18.5. The van der Waals surface area contributed by atoms with Gasteiger partial charge in [-0.3, -0.25) is 0 Å². The quantitative estimate of drug-likeness (QED) is 0.467. The second-order valence-corrected chi connectivity index (χ2v) is 9.00. The van der Waals surface area contributed by atoms with Crippen molar-refractivity contribution < 1.29 is 4.74 Å². The minimum absolute atomic E-state index is 0.460. The van der Waals surface area contributed by atoms with Crippen molar-refractivity contribution in [3.8, 4) is 6.07 Å². The van der Waals surface area contributed by atoms with Crippen LogP contribution in [0.2, 0.25) is 0 Å². The Balaban J connectivity index is 1.34. The first-order valence-corrected chi connectivity index (χ1v) is 10.7. The van der Waals surface area contributed by atoms with E-state index in [4.69, 9.17) is 11.3 Å². The second kappa shape index (κ2) is 8.04. The van der Waals surface area contributed by atoms with Gasteiger partial charge in [0.2, 0.25) is 5.69 Å². The molecule has 3 fully saturated rings. The zero-order valence-corrected chi connectivity index (χ0v) is 16.4. The predicted molar refractivity (Wildman–Crippen MR) is 107 cm³/mol. The molecule has 1 saturated heterocycles.